The van der Waals surface area contributed by atoms with Gasteiger partial charge in [0.1, 0.15) is 0 Å². The summed E-state index contributed by atoms with van der Waals surface area (Å²) in [5.41, 5.74) is 6.54. The van der Waals surface area contributed by atoms with Gasteiger partial charge in [-0.1, -0.05) is 32.4 Å². The van der Waals surface area contributed by atoms with Crippen molar-refractivity contribution in [2.75, 3.05) is 30.3 Å². The number of sulfonamides is 1. The van der Waals surface area contributed by atoms with Crippen LogP contribution in [-0.4, -0.2) is 37.3 Å². The molecule has 1 aromatic carbocycles. The largest absolute Gasteiger partial charge is 0.398 e. The van der Waals surface area contributed by atoms with Gasteiger partial charge in [0, 0.05) is 29.4 Å². The highest BCUT2D eigenvalue weighted by Gasteiger charge is 2.19. The molecule has 0 aliphatic carbocycles. The van der Waals surface area contributed by atoms with Crippen molar-refractivity contribution in [2.24, 2.45) is 0 Å². The molecule has 20 heavy (non-hydrogen) atoms. The zero-order valence-electron chi connectivity index (χ0n) is 12.2. The summed E-state index contributed by atoms with van der Waals surface area (Å²) in [5.74, 6) is 0.683. The fourth-order valence-electron chi connectivity index (χ4n) is 1.83. The fourth-order valence-corrected chi connectivity index (χ4v) is 4.69. The highest BCUT2D eigenvalue weighted by Crippen LogP contribution is 2.24. The number of unbranched alkanes of at least 4 members (excludes halogenated alkanes) is 1. The Morgan fingerprint density at radius 1 is 1.25 bits per heavy atom. The first-order valence-electron chi connectivity index (χ1n) is 6.96. The van der Waals surface area contributed by atoms with Gasteiger partial charge in [-0.25, -0.2) is 12.7 Å². The molecule has 0 atom stereocenters. The van der Waals surface area contributed by atoms with Gasteiger partial charge >= 0.3 is 0 Å². The van der Waals surface area contributed by atoms with Crippen LogP contribution >= 0.6 is 11.8 Å². The zero-order chi connectivity index (χ0) is 15.0. The second-order valence-electron chi connectivity index (χ2n) is 4.55. The molecule has 4 nitrogen and oxygen atoms in total. The Kier molecular flexibility index (Phi) is 7.40. The number of hydrogen-bond donors (Lipinski definition) is 1. The molecule has 0 spiro atoms. The van der Waals surface area contributed by atoms with Crippen molar-refractivity contribution < 1.29 is 8.42 Å². The second-order valence-corrected chi connectivity index (χ2v) is 7.77. The van der Waals surface area contributed by atoms with Crippen LogP contribution in [0.3, 0.4) is 0 Å². The van der Waals surface area contributed by atoms with Gasteiger partial charge in [0.25, 0.3) is 0 Å². The van der Waals surface area contributed by atoms with E-state index < -0.39 is 10.0 Å². The third-order valence-corrected chi connectivity index (χ3v) is 6.32. The molecule has 0 aliphatic rings. The smallest absolute Gasteiger partial charge is 0.214 e. The molecule has 0 aliphatic heterocycles. The highest BCUT2D eigenvalue weighted by molar-refractivity contribution is 8.00. The van der Waals surface area contributed by atoms with Crippen molar-refractivity contribution in [2.45, 2.75) is 31.6 Å². The third-order valence-electron chi connectivity index (χ3n) is 3.03. The Labute approximate surface area is 126 Å². The van der Waals surface area contributed by atoms with Gasteiger partial charge in [0.15, 0.2) is 0 Å². The normalized spacial score (nSPS) is 11.9. The third kappa shape index (κ3) is 5.34. The molecule has 0 radical (unpaired) electrons. The molecule has 0 fully saturated rings. The SMILES string of the molecule is CCCCN(CC)S(=O)(=O)CCSc1ccccc1N. The van der Waals surface area contributed by atoms with E-state index in [9.17, 15) is 8.42 Å². The van der Waals surface area contributed by atoms with E-state index in [2.05, 4.69) is 6.92 Å². The summed E-state index contributed by atoms with van der Waals surface area (Å²) in [7, 11) is -3.16. The molecule has 6 heteroatoms. The van der Waals surface area contributed by atoms with Crippen molar-refractivity contribution in [3.63, 3.8) is 0 Å². The van der Waals surface area contributed by atoms with Crippen LogP contribution in [-0.2, 0) is 10.0 Å². The standard InChI is InChI=1S/C14H24N2O2S2/c1-3-5-10-16(4-2)20(17,18)12-11-19-14-9-7-6-8-13(14)15/h6-9H,3-5,10-12,15H2,1-2H3. The van der Waals surface area contributed by atoms with Gasteiger partial charge < -0.3 is 5.73 Å². The monoisotopic (exact) mass is 316 g/mol. The van der Waals surface area contributed by atoms with E-state index in [0.29, 0.717) is 24.5 Å². The van der Waals surface area contributed by atoms with Crippen molar-refractivity contribution in [3.8, 4) is 0 Å². The Balaban J connectivity index is 2.52. The van der Waals surface area contributed by atoms with Crippen molar-refractivity contribution >= 4 is 27.5 Å². The molecule has 0 amide bonds. The van der Waals surface area contributed by atoms with Crippen LogP contribution in [0.25, 0.3) is 0 Å². The van der Waals surface area contributed by atoms with Crippen LogP contribution in [0.15, 0.2) is 29.2 Å². The van der Waals surface area contributed by atoms with Crippen LogP contribution in [0, 0.1) is 0 Å². The molecule has 0 saturated heterocycles. The summed E-state index contributed by atoms with van der Waals surface area (Å²) in [6, 6.07) is 7.53. The maximum atomic E-state index is 12.2. The molecule has 0 bridgehead atoms. The van der Waals surface area contributed by atoms with Gasteiger partial charge in [-0.05, 0) is 18.6 Å². The number of nitrogens with zero attached hydrogens (tertiary/aromatic N) is 1. The van der Waals surface area contributed by atoms with E-state index >= 15 is 0 Å². The number of nitrogen functional groups attached to an aromatic ring is 1. The number of para-hydroxylation sites is 1. The Morgan fingerprint density at radius 2 is 1.95 bits per heavy atom. The first-order chi connectivity index (χ1) is 9.51. The predicted octanol–water partition coefficient (Wildman–Crippen LogP) is 2.81. The van der Waals surface area contributed by atoms with E-state index in [-0.39, 0.29) is 5.75 Å². The molecular weight excluding hydrogens is 292 g/mol. The van der Waals surface area contributed by atoms with Crippen molar-refractivity contribution in [1.29, 1.82) is 0 Å². The lowest BCUT2D eigenvalue weighted by Gasteiger charge is -2.20. The summed E-state index contributed by atoms with van der Waals surface area (Å²) in [4.78, 5) is 0.944. The summed E-state index contributed by atoms with van der Waals surface area (Å²) >= 11 is 1.49. The number of nitrogens with two attached hydrogens (primary N) is 1. The van der Waals surface area contributed by atoms with Crippen LogP contribution < -0.4 is 5.73 Å². The Hall–Kier alpha value is -0.720. The number of anilines is 1. The molecule has 0 heterocycles. The zero-order valence-corrected chi connectivity index (χ0v) is 13.8. The lowest BCUT2D eigenvalue weighted by molar-refractivity contribution is 0.420. The Morgan fingerprint density at radius 3 is 2.55 bits per heavy atom. The second kappa shape index (κ2) is 8.54. The van der Waals surface area contributed by atoms with E-state index in [0.717, 1.165) is 17.7 Å². The van der Waals surface area contributed by atoms with Crippen molar-refractivity contribution in [3.05, 3.63) is 24.3 Å². The van der Waals surface area contributed by atoms with Gasteiger partial charge in [-0.15, -0.1) is 11.8 Å². The topological polar surface area (TPSA) is 63.4 Å². The van der Waals surface area contributed by atoms with Gasteiger partial charge in [0.2, 0.25) is 10.0 Å². The van der Waals surface area contributed by atoms with Gasteiger partial charge in [-0.2, -0.15) is 0 Å². The van der Waals surface area contributed by atoms with Crippen LogP contribution in [0.2, 0.25) is 0 Å². The maximum Gasteiger partial charge on any atom is 0.214 e. The van der Waals surface area contributed by atoms with E-state index in [1.54, 1.807) is 4.31 Å². The Bertz CT molecular complexity index is 504. The van der Waals surface area contributed by atoms with E-state index in [1.807, 2.05) is 31.2 Å². The molecule has 1 rings (SSSR count). The molecule has 0 saturated carbocycles. The molecular formula is C14H24N2O2S2. The number of rotatable bonds is 9. The summed E-state index contributed by atoms with van der Waals surface area (Å²) in [5, 5.41) is 0. The predicted molar refractivity (Wildman–Crippen MR) is 87.5 cm³/mol. The van der Waals surface area contributed by atoms with Crippen LogP contribution in [0.4, 0.5) is 5.69 Å². The van der Waals surface area contributed by atoms with E-state index in [1.165, 1.54) is 11.8 Å². The minimum absolute atomic E-state index is 0.156. The van der Waals surface area contributed by atoms with Crippen molar-refractivity contribution in [1.82, 2.24) is 4.31 Å². The first-order valence-corrected chi connectivity index (χ1v) is 9.55. The van der Waals surface area contributed by atoms with Crippen LogP contribution in [0.1, 0.15) is 26.7 Å². The summed E-state index contributed by atoms with van der Waals surface area (Å²) < 4.78 is 26.0. The average Bonchev–Trinajstić information content (AvgIpc) is 2.41. The molecule has 2 N–H and O–H groups in total. The average molecular weight is 316 g/mol. The minimum Gasteiger partial charge on any atom is -0.398 e. The van der Waals surface area contributed by atoms with E-state index in [4.69, 9.17) is 5.73 Å². The van der Waals surface area contributed by atoms with Crippen LogP contribution in [0.5, 0.6) is 0 Å². The number of thioether (sulfide) groups is 1. The quantitative estimate of drug-likeness (QED) is 0.562. The van der Waals surface area contributed by atoms with Gasteiger partial charge in [-0.3, -0.25) is 0 Å². The van der Waals surface area contributed by atoms with Gasteiger partial charge in [0.05, 0.1) is 5.75 Å². The highest BCUT2D eigenvalue weighted by atomic mass is 32.2. The first kappa shape index (κ1) is 17.3. The summed E-state index contributed by atoms with van der Waals surface area (Å²) in [6.45, 7) is 5.11. The number of benzene rings is 1. The fraction of sp³-hybridized carbons (Fsp3) is 0.571. The lowest BCUT2D eigenvalue weighted by atomic mass is 10.3. The molecule has 0 unspecified atom stereocenters. The lowest BCUT2D eigenvalue weighted by Crippen LogP contribution is -2.34. The minimum atomic E-state index is -3.16. The number of hydrogen-bond acceptors (Lipinski definition) is 4. The maximum absolute atomic E-state index is 12.2. The summed E-state index contributed by atoms with van der Waals surface area (Å²) in [6.07, 6.45) is 1.91. The molecule has 0 aromatic heterocycles. The molecule has 114 valence electrons. The molecule has 1 aromatic rings.